The lowest BCUT2D eigenvalue weighted by Gasteiger charge is -2.09. The molecule has 3 aromatic carbocycles. The van der Waals surface area contributed by atoms with Crippen LogP contribution < -0.4 is 14.2 Å². The number of ether oxygens (including phenoxy) is 3. The first kappa shape index (κ1) is 18.5. The Morgan fingerprint density at radius 1 is 0.704 bits per heavy atom. The maximum Gasteiger partial charge on any atom is 0.343 e. The topological polar surface area (TPSA) is 44.8 Å². The van der Waals surface area contributed by atoms with E-state index < -0.39 is 0 Å². The Kier molecular flexibility index (Phi) is 6.10. The Hall–Kier alpha value is -3.27. The molecule has 138 valence electrons. The van der Waals surface area contributed by atoms with E-state index in [1.54, 1.807) is 24.3 Å². The molecule has 0 aliphatic heterocycles. The molecule has 0 bridgehead atoms. The fraction of sp³-hybridized carbons (Fsp3) is 0.174. The molecule has 0 atom stereocenters. The second-order valence-electron chi connectivity index (χ2n) is 6.25. The van der Waals surface area contributed by atoms with Gasteiger partial charge in [-0.05, 0) is 73.5 Å². The highest BCUT2D eigenvalue weighted by atomic mass is 16.5. The Balaban J connectivity index is 1.49. The van der Waals surface area contributed by atoms with Gasteiger partial charge in [-0.1, -0.05) is 24.3 Å². The zero-order valence-corrected chi connectivity index (χ0v) is 15.5. The normalized spacial score (nSPS) is 10.3. The average molecular weight is 362 g/mol. The maximum absolute atomic E-state index is 12.3. The van der Waals surface area contributed by atoms with Crippen LogP contribution in [0.1, 0.15) is 21.5 Å². The SMILES string of the molecule is Cc1cc(C)cc(OC(=O)c2ccc(OCCOc3ccccc3)cc2)c1. The zero-order chi connectivity index (χ0) is 19.1. The quantitative estimate of drug-likeness (QED) is 0.338. The molecule has 0 aromatic heterocycles. The van der Waals surface area contributed by atoms with E-state index in [1.165, 1.54) is 0 Å². The van der Waals surface area contributed by atoms with Crippen LogP contribution in [-0.4, -0.2) is 19.2 Å². The van der Waals surface area contributed by atoms with E-state index in [1.807, 2.05) is 62.4 Å². The molecule has 3 rings (SSSR count). The average Bonchev–Trinajstić information content (AvgIpc) is 2.66. The number of esters is 1. The molecular weight excluding hydrogens is 340 g/mol. The summed E-state index contributed by atoms with van der Waals surface area (Å²) >= 11 is 0. The summed E-state index contributed by atoms with van der Waals surface area (Å²) in [5, 5.41) is 0. The first-order chi connectivity index (χ1) is 13.1. The second kappa shape index (κ2) is 8.90. The molecule has 0 saturated carbocycles. The highest BCUT2D eigenvalue weighted by Crippen LogP contribution is 2.19. The number of hydrogen-bond acceptors (Lipinski definition) is 4. The van der Waals surface area contributed by atoms with Crippen molar-refractivity contribution in [2.75, 3.05) is 13.2 Å². The third-order valence-corrected chi connectivity index (χ3v) is 3.86. The summed E-state index contributed by atoms with van der Waals surface area (Å²) in [6, 6.07) is 22.2. The van der Waals surface area contributed by atoms with E-state index in [0.717, 1.165) is 16.9 Å². The van der Waals surface area contributed by atoms with Crippen LogP contribution in [0, 0.1) is 13.8 Å². The minimum absolute atomic E-state index is 0.390. The van der Waals surface area contributed by atoms with Gasteiger partial charge in [0, 0.05) is 0 Å². The van der Waals surface area contributed by atoms with Gasteiger partial charge in [-0.25, -0.2) is 4.79 Å². The Morgan fingerprint density at radius 2 is 1.26 bits per heavy atom. The van der Waals surface area contributed by atoms with Gasteiger partial charge in [0.05, 0.1) is 5.56 Å². The lowest BCUT2D eigenvalue weighted by atomic mass is 10.1. The fourth-order valence-electron chi connectivity index (χ4n) is 2.68. The van der Waals surface area contributed by atoms with Gasteiger partial charge in [0.2, 0.25) is 0 Å². The summed E-state index contributed by atoms with van der Waals surface area (Å²) in [7, 11) is 0. The van der Waals surface area contributed by atoms with Crippen LogP contribution >= 0.6 is 0 Å². The maximum atomic E-state index is 12.3. The number of benzene rings is 3. The van der Waals surface area contributed by atoms with Crippen LogP contribution in [0.15, 0.2) is 72.8 Å². The monoisotopic (exact) mass is 362 g/mol. The van der Waals surface area contributed by atoms with Crippen molar-refractivity contribution in [2.45, 2.75) is 13.8 Å². The van der Waals surface area contributed by atoms with Gasteiger partial charge in [-0.15, -0.1) is 0 Å². The van der Waals surface area contributed by atoms with Gasteiger partial charge in [0.1, 0.15) is 30.5 Å². The van der Waals surface area contributed by atoms with E-state index >= 15 is 0 Å². The molecule has 0 radical (unpaired) electrons. The van der Waals surface area contributed by atoms with Crippen LogP contribution in [0.4, 0.5) is 0 Å². The Morgan fingerprint density at radius 3 is 1.85 bits per heavy atom. The van der Waals surface area contributed by atoms with Crippen LogP contribution in [0.5, 0.6) is 17.2 Å². The minimum Gasteiger partial charge on any atom is -0.490 e. The van der Waals surface area contributed by atoms with Crippen molar-refractivity contribution >= 4 is 5.97 Å². The van der Waals surface area contributed by atoms with Gasteiger partial charge < -0.3 is 14.2 Å². The molecule has 0 heterocycles. The smallest absolute Gasteiger partial charge is 0.343 e. The van der Waals surface area contributed by atoms with Gasteiger partial charge in [-0.2, -0.15) is 0 Å². The molecule has 0 spiro atoms. The molecule has 4 heteroatoms. The van der Waals surface area contributed by atoms with Gasteiger partial charge >= 0.3 is 5.97 Å². The lowest BCUT2D eigenvalue weighted by Crippen LogP contribution is -2.10. The van der Waals surface area contributed by atoms with E-state index in [4.69, 9.17) is 14.2 Å². The number of aryl methyl sites for hydroxylation is 2. The molecule has 0 N–H and O–H groups in total. The van der Waals surface area contributed by atoms with Gasteiger partial charge in [-0.3, -0.25) is 0 Å². The van der Waals surface area contributed by atoms with E-state index in [2.05, 4.69) is 0 Å². The lowest BCUT2D eigenvalue weighted by molar-refractivity contribution is 0.0734. The summed E-state index contributed by atoms with van der Waals surface area (Å²) in [4.78, 5) is 12.3. The molecule has 0 amide bonds. The summed E-state index contributed by atoms with van der Waals surface area (Å²) < 4.78 is 16.7. The Bertz CT molecular complexity index is 866. The van der Waals surface area contributed by atoms with Crippen LogP contribution in [0.25, 0.3) is 0 Å². The number of carbonyl (C=O) groups is 1. The van der Waals surface area contributed by atoms with Crippen molar-refractivity contribution < 1.29 is 19.0 Å². The van der Waals surface area contributed by atoms with Crippen LogP contribution in [0.2, 0.25) is 0 Å². The second-order valence-corrected chi connectivity index (χ2v) is 6.25. The van der Waals surface area contributed by atoms with Gasteiger partial charge in [0.25, 0.3) is 0 Å². The van der Waals surface area contributed by atoms with Crippen molar-refractivity contribution in [3.63, 3.8) is 0 Å². The van der Waals surface area contributed by atoms with Crippen molar-refractivity contribution in [3.8, 4) is 17.2 Å². The van der Waals surface area contributed by atoms with Crippen molar-refractivity contribution in [1.82, 2.24) is 0 Å². The van der Waals surface area contributed by atoms with E-state index in [9.17, 15) is 4.79 Å². The predicted molar refractivity (Wildman–Crippen MR) is 105 cm³/mol. The molecule has 27 heavy (non-hydrogen) atoms. The van der Waals surface area contributed by atoms with Crippen molar-refractivity contribution in [3.05, 3.63) is 89.5 Å². The summed E-state index contributed by atoms with van der Waals surface area (Å²) in [5.41, 5.74) is 2.58. The molecule has 0 saturated heterocycles. The fourth-order valence-corrected chi connectivity index (χ4v) is 2.68. The predicted octanol–water partition coefficient (Wildman–Crippen LogP) is 4.98. The molecule has 0 unspecified atom stereocenters. The molecule has 4 nitrogen and oxygen atoms in total. The summed E-state index contributed by atoms with van der Waals surface area (Å²) in [6.07, 6.45) is 0. The summed E-state index contributed by atoms with van der Waals surface area (Å²) in [6.45, 7) is 4.80. The number of para-hydroxylation sites is 1. The molecule has 3 aromatic rings. The third kappa shape index (κ3) is 5.61. The van der Waals surface area contributed by atoms with Crippen LogP contribution in [-0.2, 0) is 0 Å². The van der Waals surface area contributed by atoms with Gasteiger partial charge in [0.15, 0.2) is 0 Å². The molecule has 0 aliphatic rings. The van der Waals surface area contributed by atoms with Crippen molar-refractivity contribution in [1.29, 1.82) is 0 Å². The largest absolute Gasteiger partial charge is 0.490 e. The van der Waals surface area contributed by atoms with E-state index in [0.29, 0.717) is 30.3 Å². The molecular formula is C23H22O4. The minimum atomic E-state index is -0.390. The number of carbonyl (C=O) groups excluding carboxylic acids is 1. The summed E-state index contributed by atoms with van der Waals surface area (Å²) in [5.74, 6) is 1.65. The first-order valence-electron chi connectivity index (χ1n) is 8.81. The highest BCUT2D eigenvalue weighted by molar-refractivity contribution is 5.91. The highest BCUT2D eigenvalue weighted by Gasteiger charge is 2.09. The third-order valence-electron chi connectivity index (χ3n) is 3.86. The Labute approximate surface area is 159 Å². The zero-order valence-electron chi connectivity index (χ0n) is 15.5. The van der Waals surface area contributed by atoms with Crippen LogP contribution in [0.3, 0.4) is 0 Å². The number of rotatable bonds is 7. The van der Waals surface area contributed by atoms with Crippen molar-refractivity contribution in [2.24, 2.45) is 0 Å². The molecule has 0 fully saturated rings. The van der Waals surface area contributed by atoms with E-state index in [-0.39, 0.29) is 5.97 Å². The standard InChI is InChI=1S/C23H22O4/c1-17-14-18(2)16-22(15-17)27-23(24)19-8-10-21(11-9-19)26-13-12-25-20-6-4-3-5-7-20/h3-11,14-16H,12-13H2,1-2H3. The molecule has 0 aliphatic carbocycles. The first-order valence-corrected chi connectivity index (χ1v) is 8.81. The number of hydrogen-bond donors (Lipinski definition) is 0.